The minimum Gasteiger partial charge on any atom is -0.484 e. The first-order valence-electron chi connectivity index (χ1n) is 6.88. The molecule has 0 fully saturated rings. The van der Waals surface area contributed by atoms with Crippen LogP contribution in [0.15, 0.2) is 42.5 Å². The molecule has 4 nitrogen and oxygen atoms in total. The maximum Gasteiger partial charge on any atom is 0.262 e. The molecule has 2 aromatic rings. The molecule has 3 N–H and O–H groups in total. The highest BCUT2D eigenvalue weighted by Crippen LogP contribution is 2.19. The van der Waals surface area contributed by atoms with Gasteiger partial charge >= 0.3 is 0 Å². The van der Waals surface area contributed by atoms with E-state index in [1.54, 1.807) is 0 Å². The molecule has 0 aliphatic carbocycles. The topological polar surface area (TPSA) is 64.3 Å². The van der Waals surface area contributed by atoms with Crippen LogP contribution >= 0.6 is 0 Å². The summed E-state index contributed by atoms with van der Waals surface area (Å²) in [5.41, 5.74) is 9.49. The second-order valence-electron chi connectivity index (χ2n) is 4.95. The third kappa shape index (κ3) is 4.07. The molecule has 0 aliphatic rings. The van der Waals surface area contributed by atoms with Gasteiger partial charge in [-0.2, -0.15) is 0 Å². The molecule has 0 unspecified atom stereocenters. The van der Waals surface area contributed by atoms with Crippen LogP contribution in [0.3, 0.4) is 0 Å². The molecule has 0 atom stereocenters. The number of benzene rings is 2. The first kappa shape index (κ1) is 15.1. The van der Waals surface area contributed by atoms with E-state index in [1.165, 1.54) is 0 Å². The molecule has 0 aromatic heterocycles. The molecule has 0 radical (unpaired) electrons. The zero-order chi connectivity index (χ0) is 15.2. The molecule has 4 heteroatoms. The fraction of sp³-hybridized carbons (Fsp3) is 0.235. The highest BCUT2D eigenvalue weighted by molar-refractivity contribution is 5.93. The van der Waals surface area contributed by atoms with Gasteiger partial charge in [0.05, 0.1) is 0 Å². The van der Waals surface area contributed by atoms with E-state index >= 15 is 0 Å². The third-order valence-electron chi connectivity index (χ3n) is 3.27. The molecule has 0 aliphatic heterocycles. The van der Waals surface area contributed by atoms with Gasteiger partial charge in [-0.05, 0) is 42.7 Å². The van der Waals surface area contributed by atoms with Crippen molar-refractivity contribution in [2.24, 2.45) is 5.73 Å². The molecule has 110 valence electrons. The number of ether oxygens (including phenoxy) is 1. The SMILES string of the molecule is Cc1cccc(C)c1NC(=O)COc1ccc(CN)cc1. The molecule has 2 rings (SSSR count). The third-order valence-corrected chi connectivity index (χ3v) is 3.27. The summed E-state index contributed by atoms with van der Waals surface area (Å²) in [5.74, 6) is 0.485. The highest BCUT2D eigenvalue weighted by atomic mass is 16.5. The fourth-order valence-electron chi connectivity index (χ4n) is 2.06. The summed E-state index contributed by atoms with van der Waals surface area (Å²) in [6.07, 6.45) is 0. The van der Waals surface area contributed by atoms with Gasteiger partial charge in [-0.3, -0.25) is 4.79 Å². The average molecular weight is 284 g/mol. The fourth-order valence-corrected chi connectivity index (χ4v) is 2.06. The van der Waals surface area contributed by atoms with Gasteiger partial charge in [0.2, 0.25) is 0 Å². The Labute approximate surface area is 124 Å². The van der Waals surface area contributed by atoms with E-state index < -0.39 is 0 Å². The minimum absolute atomic E-state index is 0.0181. The van der Waals surface area contributed by atoms with E-state index in [2.05, 4.69) is 5.32 Å². The van der Waals surface area contributed by atoms with Gasteiger partial charge < -0.3 is 15.8 Å². The molecule has 2 aromatic carbocycles. The van der Waals surface area contributed by atoms with E-state index in [0.29, 0.717) is 12.3 Å². The Morgan fingerprint density at radius 1 is 1.10 bits per heavy atom. The van der Waals surface area contributed by atoms with Crippen LogP contribution in [0.2, 0.25) is 0 Å². The average Bonchev–Trinajstić information content (AvgIpc) is 2.49. The van der Waals surface area contributed by atoms with E-state index in [-0.39, 0.29) is 12.5 Å². The number of aryl methyl sites for hydroxylation is 2. The van der Waals surface area contributed by atoms with Crippen LogP contribution in [0.4, 0.5) is 5.69 Å². The molecule has 0 spiro atoms. The number of carbonyl (C=O) groups excluding carboxylic acids is 1. The number of rotatable bonds is 5. The molecule has 0 saturated heterocycles. The second kappa shape index (κ2) is 6.90. The van der Waals surface area contributed by atoms with Crippen molar-refractivity contribution in [1.82, 2.24) is 0 Å². The lowest BCUT2D eigenvalue weighted by Crippen LogP contribution is -2.21. The van der Waals surface area contributed by atoms with Crippen molar-refractivity contribution >= 4 is 11.6 Å². The van der Waals surface area contributed by atoms with Crippen LogP contribution in [0.25, 0.3) is 0 Å². The molecule has 0 heterocycles. The van der Waals surface area contributed by atoms with E-state index in [1.807, 2.05) is 56.3 Å². The van der Waals surface area contributed by atoms with Crippen molar-refractivity contribution in [3.63, 3.8) is 0 Å². The molecule has 21 heavy (non-hydrogen) atoms. The Kier molecular flexibility index (Phi) is 4.95. The highest BCUT2D eigenvalue weighted by Gasteiger charge is 2.07. The van der Waals surface area contributed by atoms with Crippen molar-refractivity contribution < 1.29 is 9.53 Å². The lowest BCUT2D eigenvalue weighted by molar-refractivity contribution is -0.118. The van der Waals surface area contributed by atoms with Crippen LogP contribution in [-0.2, 0) is 11.3 Å². The standard InChI is InChI=1S/C17H20N2O2/c1-12-4-3-5-13(2)17(12)19-16(20)11-21-15-8-6-14(10-18)7-9-15/h3-9H,10-11,18H2,1-2H3,(H,19,20). The van der Waals surface area contributed by atoms with Crippen molar-refractivity contribution in [3.8, 4) is 5.75 Å². The van der Waals surface area contributed by atoms with Gasteiger partial charge in [-0.25, -0.2) is 0 Å². The number of para-hydroxylation sites is 1. The summed E-state index contributed by atoms with van der Waals surface area (Å²) in [7, 11) is 0. The zero-order valence-corrected chi connectivity index (χ0v) is 12.3. The van der Waals surface area contributed by atoms with Crippen LogP contribution < -0.4 is 15.8 Å². The Balaban J connectivity index is 1.92. The minimum atomic E-state index is -0.171. The summed E-state index contributed by atoms with van der Waals surface area (Å²) < 4.78 is 5.47. The van der Waals surface area contributed by atoms with Gasteiger partial charge in [0.15, 0.2) is 6.61 Å². The van der Waals surface area contributed by atoms with Gasteiger partial charge in [0.25, 0.3) is 5.91 Å². The Bertz CT molecular complexity index is 601. The van der Waals surface area contributed by atoms with E-state index in [4.69, 9.17) is 10.5 Å². The van der Waals surface area contributed by atoms with Crippen molar-refractivity contribution in [2.45, 2.75) is 20.4 Å². The van der Waals surface area contributed by atoms with Gasteiger partial charge in [-0.15, -0.1) is 0 Å². The Morgan fingerprint density at radius 2 is 1.71 bits per heavy atom. The monoisotopic (exact) mass is 284 g/mol. The lowest BCUT2D eigenvalue weighted by atomic mass is 10.1. The van der Waals surface area contributed by atoms with Gasteiger partial charge in [0, 0.05) is 12.2 Å². The smallest absolute Gasteiger partial charge is 0.262 e. The van der Waals surface area contributed by atoms with Crippen molar-refractivity contribution in [3.05, 3.63) is 59.2 Å². The first-order valence-corrected chi connectivity index (χ1v) is 6.88. The molecule has 0 saturated carbocycles. The van der Waals surface area contributed by atoms with E-state index in [0.717, 1.165) is 22.4 Å². The number of nitrogens with one attached hydrogen (secondary N) is 1. The van der Waals surface area contributed by atoms with Crippen LogP contribution in [0.1, 0.15) is 16.7 Å². The summed E-state index contributed by atoms with van der Waals surface area (Å²) in [6.45, 7) is 4.41. The summed E-state index contributed by atoms with van der Waals surface area (Å²) in [6, 6.07) is 13.3. The summed E-state index contributed by atoms with van der Waals surface area (Å²) >= 11 is 0. The number of anilines is 1. The molecule has 1 amide bonds. The number of hydrogen-bond acceptors (Lipinski definition) is 3. The van der Waals surface area contributed by atoms with Gasteiger partial charge in [-0.1, -0.05) is 30.3 Å². The molecular formula is C17H20N2O2. The van der Waals surface area contributed by atoms with Crippen molar-refractivity contribution in [2.75, 3.05) is 11.9 Å². The van der Waals surface area contributed by atoms with E-state index in [9.17, 15) is 4.79 Å². The number of amides is 1. The maximum atomic E-state index is 12.0. The van der Waals surface area contributed by atoms with Crippen LogP contribution in [0, 0.1) is 13.8 Å². The lowest BCUT2D eigenvalue weighted by Gasteiger charge is -2.12. The Morgan fingerprint density at radius 3 is 2.29 bits per heavy atom. The molecule has 0 bridgehead atoms. The summed E-state index contributed by atoms with van der Waals surface area (Å²) in [4.78, 5) is 12.0. The van der Waals surface area contributed by atoms with Crippen LogP contribution in [0.5, 0.6) is 5.75 Å². The largest absolute Gasteiger partial charge is 0.484 e. The molecular weight excluding hydrogens is 264 g/mol. The predicted octanol–water partition coefficient (Wildman–Crippen LogP) is 2.78. The predicted molar refractivity (Wildman–Crippen MR) is 84.4 cm³/mol. The number of carbonyl (C=O) groups is 1. The Hall–Kier alpha value is -2.33. The number of nitrogens with two attached hydrogens (primary N) is 1. The second-order valence-corrected chi connectivity index (χ2v) is 4.95. The maximum absolute atomic E-state index is 12.0. The first-order chi connectivity index (χ1) is 10.1. The van der Waals surface area contributed by atoms with Crippen molar-refractivity contribution in [1.29, 1.82) is 0 Å². The normalized spacial score (nSPS) is 10.2. The van der Waals surface area contributed by atoms with Crippen LogP contribution in [-0.4, -0.2) is 12.5 Å². The summed E-state index contributed by atoms with van der Waals surface area (Å²) in [5, 5.41) is 2.89. The number of hydrogen-bond donors (Lipinski definition) is 2. The quantitative estimate of drug-likeness (QED) is 0.887. The van der Waals surface area contributed by atoms with Gasteiger partial charge in [0.1, 0.15) is 5.75 Å². The zero-order valence-electron chi connectivity index (χ0n) is 12.3.